The zero-order chi connectivity index (χ0) is 28.3. The van der Waals surface area contributed by atoms with Crippen LogP contribution in [0.2, 0.25) is 0 Å². The summed E-state index contributed by atoms with van der Waals surface area (Å²) in [7, 11) is 0. The summed E-state index contributed by atoms with van der Waals surface area (Å²) in [5.74, 6) is 0. The van der Waals surface area contributed by atoms with Gasteiger partial charge in [-0.1, -0.05) is 18.2 Å². The van der Waals surface area contributed by atoms with Gasteiger partial charge in [0.2, 0.25) is 0 Å². The standard InChI is InChI=1S/C19H20N2O5S.C7H14O5/c22-9-14-16(23)17(24)18(25)19(26-14)13-8-20-7-11(21-13)6-12-5-10-3-1-2-4-15(10)27-12;1-3-5(9)7(11)6(10)4(2-8)12-3/h1-5,7-8,14,16-19,22-25H,6,9H2;3-11H,2H2,1H3/t14-,16-,17+,18-,19+;3-,4+,5-,6+,7+/m10/s1. The third-order valence-corrected chi connectivity index (χ3v) is 7.97. The predicted octanol–water partition coefficient (Wildman–Crippen LogP) is -1.35. The number of hydrogen-bond acceptors (Lipinski definition) is 13. The molecular formula is C26H34N2O10S. The second-order valence-electron chi connectivity index (χ2n) is 9.65. The van der Waals surface area contributed by atoms with Crippen LogP contribution in [0.25, 0.3) is 10.1 Å². The summed E-state index contributed by atoms with van der Waals surface area (Å²) >= 11 is 1.68. The van der Waals surface area contributed by atoms with Crippen molar-refractivity contribution in [1.29, 1.82) is 0 Å². The van der Waals surface area contributed by atoms with Crippen LogP contribution in [0, 0.1) is 0 Å². The van der Waals surface area contributed by atoms with Gasteiger partial charge in [-0.25, -0.2) is 0 Å². The minimum absolute atomic E-state index is 0.352. The zero-order valence-corrected chi connectivity index (χ0v) is 21.9. The first-order valence-corrected chi connectivity index (χ1v) is 13.4. The van der Waals surface area contributed by atoms with E-state index in [9.17, 15) is 35.7 Å². The minimum Gasteiger partial charge on any atom is -0.394 e. The first-order valence-electron chi connectivity index (χ1n) is 12.5. The van der Waals surface area contributed by atoms with Crippen LogP contribution in [0.15, 0.2) is 42.7 Å². The number of hydrogen-bond donors (Lipinski definition) is 8. The summed E-state index contributed by atoms with van der Waals surface area (Å²) in [4.78, 5) is 9.84. The van der Waals surface area contributed by atoms with Gasteiger partial charge in [0.1, 0.15) is 54.9 Å². The molecule has 2 fully saturated rings. The van der Waals surface area contributed by atoms with E-state index >= 15 is 0 Å². The van der Waals surface area contributed by atoms with Gasteiger partial charge in [-0.15, -0.1) is 11.3 Å². The van der Waals surface area contributed by atoms with Gasteiger partial charge in [0.05, 0.1) is 36.9 Å². The van der Waals surface area contributed by atoms with Crippen LogP contribution in [0.3, 0.4) is 0 Å². The molecule has 2 aliphatic heterocycles. The number of aliphatic hydroxyl groups excluding tert-OH is 8. The number of thiophene rings is 1. The summed E-state index contributed by atoms with van der Waals surface area (Å²) in [6.45, 7) is 0.730. The van der Waals surface area contributed by atoms with E-state index in [-0.39, 0.29) is 6.61 Å². The molecule has 2 aromatic heterocycles. The molecule has 4 heterocycles. The van der Waals surface area contributed by atoms with Crippen molar-refractivity contribution in [2.45, 2.75) is 74.4 Å². The fourth-order valence-electron chi connectivity index (χ4n) is 4.58. The van der Waals surface area contributed by atoms with Crippen molar-refractivity contribution in [2.24, 2.45) is 0 Å². The lowest BCUT2D eigenvalue weighted by molar-refractivity contribution is -0.232. The summed E-state index contributed by atoms with van der Waals surface area (Å²) in [6.07, 6.45) is -7.39. The van der Waals surface area contributed by atoms with Gasteiger partial charge in [0.15, 0.2) is 0 Å². The zero-order valence-electron chi connectivity index (χ0n) is 21.1. The highest BCUT2D eigenvalue weighted by Crippen LogP contribution is 2.32. The summed E-state index contributed by atoms with van der Waals surface area (Å²) in [6, 6.07) is 10.2. The number of aliphatic hydroxyl groups is 8. The smallest absolute Gasteiger partial charge is 0.130 e. The molecule has 0 saturated carbocycles. The molecule has 0 bridgehead atoms. The van der Waals surface area contributed by atoms with E-state index in [0.29, 0.717) is 17.8 Å². The molecule has 2 saturated heterocycles. The third kappa shape index (κ3) is 6.61. The Morgan fingerprint density at radius 3 is 2.10 bits per heavy atom. The fourth-order valence-corrected chi connectivity index (χ4v) is 5.66. The molecule has 0 unspecified atom stereocenters. The number of fused-ring (bicyclic) bond motifs is 1. The van der Waals surface area contributed by atoms with Crippen LogP contribution in [0.4, 0.5) is 0 Å². The Labute approximate surface area is 228 Å². The fraction of sp³-hybridized carbons (Fsp3) is 0.538. The molecule has 0 amide bonds. The summed E-state index contributed by atoms with van der Waals surface area (Å²) in [5.41, 5.74) is 1.06. The van der Waals surface area contributed by atoms with Gasteiger partial charge >= 0.3 is 0 Å². The Morgan fingerprint density at radius 2 is 1.44 bits per heavy atom. The molecule has 12 nitrogen and oxygen atoms in total. The second-order valence-corrected chi connectivity index (χ2v) is 10.8. The number of nitrogens with zero attached hydrogens (tertiary/aromatic N) is 2. The molecule has 8 N–H and O–H groups in total. The molecule has 0 spiro atoms. The van der Waals surface area contributed by atoms with Crippen LogP contribution in [-0.4, -0.2) is 119 Å². The largest absolute Gasteiger partial charge is 0.394 e. The first kappa shape index (κ1) is 29.8. The number of benzene rings is 1. The molecule has 0 aliphatic carbocycles. The van der Waals surface area contributed by atoms with Crippen molar-refractivity contribution >= 4 is 21.4 Å². The Kier molecular flexibility index (Phi) is 9.96. The quantitative estimate of drug-likeness (QED) is 0.180. The normalized spacial score (nSPS) is 34.9. The second kappa shape index (κ2) is 13.0. The van der Waals surface area contributed by atoms with E-state index in [1.54, 1.807) is 24.5 Å². The number of ether oxygens (including phenoxy) is 2. The molecule has 2 aliphatic rings. The molecular weight excluding hydrogens is 532 g/mol. The van der Waals surface area contributed by atoms with Crippen LogP contribution < -0.4 is 0 Å². The van der Waals surface area contributed by atoms with Crippen LogP contribution >= 0.6 is 11.3 Å². The lowest BCUT2D eigenvalue weighted by Gasteiger charge is -2.39. The van der Waals surface area contributed by atoms with E-state index < -0.39 is 67.6 Å². The Hall–Kier alpha value is -2.14. The lowest BCUT2D eigenvalue weighted by Crippen LogP contribution is -2.57. The summed E-state index contributed by atoms with van der Waals surface area (Å²) < 4.78 is 11.8. The van der Waals surface area contributed by atoms with Gasteiger partial charge in [0, 0.05) is 22.2 Å². The third-order valence-electron chi connectivity index (χ3n) is 6.85. The highest BCUT2D eigenvalue weighted by Gasteiger charge is 2.45. The number of aromatic nitrogens is 2. The molecule has 13 heteroatoms. The van der Waals surface area contributed by atoms with Crippen LogP contribution in [0.1, 0.15) is 29.3 Å². The molecule has 214 valence electrons. The minimum atomic E-state index is -1.44. The first-order chi connectivity index (χ1) is 18.6. The van der Waals surface area contributed by atoms with E-state index in [2.05, 4.69) is 28.2 Å². The van der Waals surface area contributed by atoms with Crippen LogP contribution in [0.5, 0.6) is 0 Å². The van der Waals surface area contributed by atoms with E-state index in [4.69, 9.17) is 14.6 Å². The topological polar surface area (TPSA) is 206 Å². The molecule has 5 rings (SSSR count). The van der Waals surface area contributed by atoms with E-state index in [1.165, 1.54) is 16.3 Å². The molecule has 1 aromatic carbocycles. The van der Waals surface area contributed by atoms with Crippen molar-refractivity contribution < 1.29 is 50.3 Å². The Balaban J connectivity index is 0.000000247. The van der Waals surface area contributed by atoms with Gasteiger partial charge in [-0.05, 0) is 24.4 Å². The van der Waals surface area contributed by atoms with Crippen molar-refractivity contribution in [3.05, 3.63) is 59.0 Å². The van der Waals surface area contributed by atoms with Crippen molar-refractivity contribution in [3.8, 4) is 0 Å². The number of rotatable bonds is 5. The van der Waals surface area contributed by atoms with Gasteiger partial charge in [-0.2, -0.15) is 0 Å². The van der Waals surface area contributed by atoms with Gasteiger partial charge in [0.25, 0.3) is 0 Å². The molecule has 3 aromatic rings. The highest BCUT2D eigenvalue weighted by atomic mass is 32.1. The maximum atomic E-state index is 10.3. The molecule has 10 atom stereocenters. The van der Waals surface area contributed by atoms with Gasteiger partial charge in [-0.3, -0.25) is 9.97 Å². The average Bonchev–Trinajstić information content (AvgIpc) is 3.35. The van der Waals surface area contributed by atoms with Crippen molar-refractivity contribution in [2.75, 3.05) is 13.2 Å². The average molecular weight is 567 g/mol. The van der Waals surface area contributed by atoms with E-state index in [0.717, 1.165) is 4.88 Å². The SMILES string of the molecule is C[C@@H]1O[C@H](CO)[C@@H](O)[C@H](O)[C@H]1O.OC[C@H]1O[C@@H](c2cncc(Cc3cc4ccccc4s3)n2)[C@H](O)[C@@H](O)[C@@H]1O. The predicted molar refractivity (Wildman–Crippen MR) is 139 cm³/mol. The Morgan fingerprint density at radius 1 is 0.795 bits per heavy atom. The van der Waals surface area contributed by atoms with Gasteiger partial charge < -0.3 is 50.3 Å². The maximum Gasteiger partial charge on any atom is 0.130 e. The lowest BCUT2D eigenvalue weighted by atomic mass is 9.93. The van der Waals surface area contributed by atoms with Crippen LogP contribution in [-0.2, 0) is 15.9 Å². The monoisotopic (exact) mass is 566 g/mol. The van der Waals surface area contributed by atoms with E-state index in [1.807, 2.05) is 12.1 Å². The molecule has 39 heavy (non-hydrogen) atoms. The molecule has 0 radical (unpaired) electrons. The van der Waals surface area contributed by atoms with Crippen molar-refractivity contribution in [3.63, 3.8) is 0 Å². The highest BCUT2D eigenvalue weighted by molar-refractivity contribution is 7.19. The Bertz CT molecular complexity index is 1170. The van der Waals surface area contributed by atoms with Crippen molar-refractivity contribution in [1.82, 2.24) is 9.97 Å². The maximum absolute atomic E-state index is 10.3. The summed E-state index contributed by atoms with van der Waals surface area (Å²) in [5, 5.41) is 77.0.